The number of aryl methyl sites for hydroxylation is 1. The van der Waals surface area contributed by atoms with Crippen molar-refractivity contribution in [3.05, 3.63) is 63.7 Å². The molecule has 166 valence electrons. The third-order valence-electron chi connectivity index (χ3n) is 4.74. The number of nitrogens with one attached hydrogen (secondary N) is 2. The van der Waals surface area contributed by atoms with E-state index in [1.54, 1.807) is 11.4 Å². The van der Waals surface area contributed by atoms with Gasteiger partial charge in [0.05, 0.1) is 11.4 Å². The van der Waals surface area contributed by atoms with Gasteiger partial charge >= 0.3 is 0 Å². The number of hydrogen-bond donors (Lipinski definition) is 3. The molecule has 2 aromatic heterocycles. The summed E-state index contributed by atoms with van der Waals surface area (Å²) in [5.74, 6) is -0.422. The molecule has 0 saturated carbocycles. The number of benzene rings is 1. The molecule has 8 nitrogen and oxygen atoms in total. The topological polar surface area (TPSA) is 126 Å². The number of carbonyl (C=O) groups excluding carboxylic acids is 2. The second-order valence-corrected chi connectivity index (χ2v) is 7.81. The van der Waals surface area contributed by atoms with Crippen molar-refractivity contribution in [2.75, 3.05) is 18.8 Å². The number of nitriles is 1. The van der Waals surface area contributed by atoms with E-state index in [1.165, 1.54) is 40.3 Å². The number of halogens is 1. The van der Waals surface area contributed by atoms with Crippen molar-refractivity contribution in [3.63, 3.8) is 0 Å². The van der Waals surface area contributed by atoms with Crippen LogP contribution in [0.4, 0.5) is 10.2 Å². The maximum atomic E-state index is 13.1. The second kappa shape index (κ2) is 11.1. The molecule has 3 aromatic rings. The van der Waals surface area contributed by atoms with Crippen LogP contribution in [0.1, 0.15) is 40.9 Å². The minimum atomic E-state index is -0.374. The number of hydrogen-bond acceptors (Lipinski definition) is 6. The van der Waals surface area contributed by atoms with E-state index in [1.807, 2.05) is 5.38 Å². The van der Waals surface area contributed by atoms with Crippen molar-refractivity contribution in [3.8, 4) is 11.8 Å². The van der Waals surface area contributed by atoms with Crippen LogP contribution in [0.5, 0.6) is 0 Å². The molecule has 0 saturated heterocycles. The molecule has 1 aromatic carbocycles. The Labute approximate surface area is 188 Å². The molecule has 0 bridgehead atoms. The summed E-state index contributed by atoms with van der Waals surface area (Å²) >= 11 is 1.46. The summed E-state index contributed by atoms with van der Waals surface area (Å²) in [6, 6.07) is 9.48. The van der Waals surface area contributed by atoms with Gasteiger partial charge in [0.1, 0.15) is 23.3 Å². The smallest absolute Gasteiger partial charge is 0.252 e. The van der Waals surface area contributed by atoms with E-state index < -0.39 is 0 Å². The van der Waals surface area contributed by atoms with E-state index >= 15 is 0 Å². The molecular formula is C22H23FN6O2S. The van der Waals surface area contributed by atoms with Crippen LogP contribution in [-0.4, -0.2) is 34.7 Å². The number of carbonyl (C=O) groups is 2. The van der Waals surface area contributed by atoms with Crippen LogP contribution >= 0.6 is 11.3 Å². The Kier molecular flexibility index (Phi) is 7.94. The zero-order valence-electron chi connectivity index (χ0n) is 17.3. The Hall–Kier alpha value is -3.71. The lowest BCUT2D eigenvalue weighted by Gasteiger charge is -2.06. The fourth-order valence-corrected chi connectivity index (χ4v) is 3.71. The normalized spacial score (nSPS) is 10.5. The van der Waals surface area contributed by atoms with Crippen molar-refractivity contribution in [1.82, 2.24) is 20.4 Å². The minimum Gasteiger partial charge on any atom is -0.382 e. The van der Waals surface area contributed by atoms with Crippen LogP contribution in [0.3, 0.4) is 0 Å². The summed E-state index contributed by atoms with van der Waals surface area (Å²) in [6.07, 6.45) is 1.88. The Morgan fingerprint density at radius 2 is 1.91 bits per heavy atom. The first-order chi connectivity index (χ1) is 15.5. The summed E-state index contributed by atoms with van der Waals surface area (Å²) in [7, 11) is 0. The standard InChI is InChI=1S/C22H23FN6O2S/c23-16-5-7-17(8-6-16)29-21(25)18(13-24)19(28-29)3-1-10-26-20(30)4-2-11-27-22(31)15-9-12-32-14-15/h5-9,12,14H,1-4,10-11,25H2,(H,26,30)(H,27,31). The molecule has 2 heterocycles. The van der Waals surface area contributed by atoms with Crippen LogP contribution in [0.2, 0.25) is 0 Å². The Bertz CT molecular complexity index is 1100. The molecule has 4 N–H and O–H groups in total. The van der Waals surface area contributed by atoms with Gasteiger partial charge < -0.3 is 16.4 Å². The van der Waals surface area contributed by atoms with Crippen LogP contribution < -0.4 is 16.4 Å². The van der Waals surface area contributed by atoms with Gasteiger partial charge in [0.15, 0.2) is 0 Å². The molecule has 3 rings (SSSR count). The molecule has 32 heavy (non-hydrogen) atoms. The van der Waals surface area contributed by atoms with Crippen molar-refractivity contribution < 1.29 is 14.0 Å². The molecular weight excluding hydrogens is 431 g/mol. The summed E-state index contributed by atoms with van der Waals surface area (Å²) in [4.78, 5) is 23.8. The fourth-order valence-electron chi connectivity index (χ4n) is 3.07. The first-order valence-corrected chi connectivity index (χ1v) is 11.0. The molecule has 10 heteroatoms. The molecule has 0 unspecified atom stereocenters. The molecule has 2 amide bonds. The van der Waals surface area contributed by atoms with Gasteiger partial charge in [0.2, 0.25) is 5.91 Å². The quantitative estimate of drug-likeness (QED) is 0.406. The molecule has 0 spiro atoms. The average Bonchev–Trinajstić information content (AvgIpc) is 3.43. The molecule has 0 fully saturated rings. The third kappa shape index (κ3) is 5.92. The van der Waals surface area contributed by atoms with E-state index in [4.69, 9.17) is 5.73 Å². The lowest BCUT2D eigenvalue weighted by molar-refractivity contribution is -0.121. The van der Waals surface area contributed by atoms with Gasteiger partial charge in [-0.25, -0.2) is 9.07 Å². The van der Waals surface area contributed by atoms with Crippen LogP contribution in [0.15, 0.2) is 41.1 Å². The zero-order chi connectivity index (χ0) is 22.9. The van der Waals surface area contributed by atoms with Crippen molar-refractivity contribution in [2.24, 2.45) is 0 Å². The predicted molar refractivity (Wildman–Crippen MR) is 120 cm³/mol. The molecule has 0 atom stereocenters. The van der Waals surface area contributed by atoms with E-state index in [2.05, 4.69) is 21.8 Å². The van der Waals surface area contributed by atoms with E-state index in [0.29, 0.717) is 55.7 Å². The fraction of sp³-hybridized carbons (Fsp3) is 0.273. The summed E-state index contributed by atoms with van der Waals surface area (Å²) < 4.78 is 14.6. The minimum absolute atomic E-state index is 0.105. The summed E-state index contributed by atoms with van der Waals surface area (Å²) in [6.45, 7) is 0.849. The van der Waals surface area contributed by atoms with E-state index in [0.717, 1.165) is 0 Å². The van der Waals surface area contributed by atoms with Gasteiger partial charge in [-0.3, -0.25) is 9.59 Å². The summed E-state index contributed by atoms with van der Waals surface area (Å²) in [5.41, 5.74) is 8.03. The largest absolute Gasteiger partial charge is 0.382 e. The number of aromatic nitrogens is 2. The first-order valence-electron chi connectivity index (χ1n) is 10.1. The summed E-state index contributed by atoms with van der Waals surface area (Å²) in [5, 5.41) is 23.0. The van der Waals surface area contributed by atoms with Gasteiger partial charge in [0, 0.05) is 30.5 Å². The van der Waals surface area contributed by atoms with Gasteiger partial charge in [-0.15, -0.1) is 0 Å². The molecule has 0 aliphatic carbocycles. The number of thiophene rings is 1. The predicted octanol–water partition coefficient (Wildman–Crippen LogP) is 2.79. The molecule has 0 aliphatic rings. The van der Waals surface area contributed by atoms with Gasteiger partial charge in [-0.05, 0) is 55.0 Å². The van der Waals surface area contributed by atoms with Crippen molar-refractivity contribution in [1.29, 1.82) is 5.26 Å². The lowest BCUT2D eigenvalue weighted by Crippen LogP contribution is -2.28. The number of amides is 2. The number of nitrogens with two attached hydrogens (primary N) is 1. The Balaban J connectivity index is 1.41. The molecule has 0 aliphatic heterocycles. The average molecular weight is 455 g/mol. The number of nitrogens with zero attached hydrogens (tertiary/aromatic N) is 3. The van der Waals surface area contributed by atoms with Crippen LogP contribution in [0, 0.1) is 17.1 Å². The highest BCUT2D eigenvalue weighted by atomic mass is 32.1. The van der Waals surface area contributed by atoms with Crippen LogP contribution in [0.25, 0.3) is 5.69 Å². The highest BCUT2D eigenvalue weighted by Gasteiger charge is 2.16. The second-order valence-electron chi connectivity index (χ2n) is 7.03. The van der Waals surface area contributed by atoms with E-state index in [-0.39, 0.29) is 29.0 Å². The SMILES string of the molecule is N#Cc1c(CCCNC(=O)CCCNC(=O)c2ccsc2)nn(-c2ccc(F)cc2)c1N. The van der Waals surface area contributed by atoms with Gasteiger partial charge in [0.25, 0.3) is 5.91 Å². The third-order valence-corrected chi connectivity index (χ3v) is 5.42. The lowest BCUT2D eigenvalue weighted by atomic mass is 10.1. The Morgan fingerprint density at radius 3 is 2.59 bits per heavy atom. The first kappa shape index (κ1) is 23.0. The number of rotatable bonds is 10. The number of anilines is 1. The zero-order valence-corrected chi connectivity index (χ0v) is 18.1. The van der Waals surface area contributed by atoms with Crippen molar-refractivity contribution in [2.45, 2.75) is 25.7 Å². The maximum Gasteiger partial charge on any atom is 0.252 e. The highest BCUT2D eigenvalue weighted by Crippen LogP contribution is 2.21. The monoisotopic (exact) mass is 454 g/mol. The van der Waals surface area contributed by atoms with Gasteiger partial charge in [-0.1, -0.05) is 0 Å². The van der Waals surface area contributed by atoms with Crippen molar-refractivity contribution >= 4 is 29.0 Å². The maximum absolute atomic E-state index is 13.1. The number of nitrogen functional groups attached to an aromatic ring is 1. The highest BCUT2D eigenvalue weighted by molar-refractivity contribution is 7.08. The Morgan fingerprint density at radius 1 is 1.16 bits per heavy atom. The van der Waals surface area contributed by atoms with Gasteiger partial charge in [-0.2, -0.15) is 21.7 Å². The molecule has 0 radical (unpaired) electrons. The van der Waals surface area contributed by atoms with E-state index in [9.17, 15) is 19.2 Å². The van der Waals surface area contributed by atoms with Crippen LogP contribution in [-0.2, 0) is 11.2 Å².